The van der Waals surface area contributed by atoms with Crippen LogP contribution in [0, 0.1) is 0 Å². The molecule has 73 heavy (non-hydrogen) atoms. The zero-order chi connectivity index (χ0) is 53.3. The molecule has 0 spiro atoms. The van der Waals surface area contributed by atoms with E-state index in [1.807, 2.05) is 0 Å². The third kappa shape index (κ3) is 39.9. The maximum absolute atomic E-state index is 13.1. The summed E-state index contributed by atoms with van der Waals surface area (Å²) in [7, 11) is 0. The minimum atomic E-state index is -1.90. The third-order valence-electron chi connectivity index (χ3n) is 13.7. The van der Waals surface area contributed by atoms with Gasteiger partial charge in [0.1, 0.15) is 18.8 Å². The van der Waals surface area contributed by atoms with Gasteiger partial charge in [-0.3, -0.25) is 14.4 Å². The van der Waals surface area contributed by atoms with Gasteiger partial charge in [0, 0.05) is 19.3 Å². The van der Waals surface area contributed by atoms with E-state index in [1.54, 1.807) is 0 Å². The summed E-state index contributed by atoms with van der Waals surface area (Å²) in [5.41, 5.74) is 0. The number of hydrogen-bond acceptors (Lipinski definition) is 11. The van der Waals surface area contributed by atoms with Crippen molar-refractivity contribution in [3.8, 4) is 0 Å². The van der Waals surface area contributed by atoms with E-state index in [2.05, 4.69) is 57.2 Å². The molecule has 3 N–H and O–H groups in total. The van der Waals surface area contributed by atoms with Crippen LogP contribution in [-0.4, -0.2) is 89.2 Å². The van der Waals surface area contributed by atoms with Crippen LogP contribution in [0.1, 0.15) is 278 Å². The van der Waals surface area contributed by atoms with E-state index in [0.29, 0.717) is 19.3 Å². The second-order valence-corrected chi connectivity index (χ2v) is 20.6. The van der Waals surface area contributed by atoms with Gasteiger partial charge >= 0.3 is 23.9 Å². The maximum Gasteiger partial charge on any atom is 0.335 e. The van der Waals surface area contributed by atoms with Gasteiger partial charge in [-0.25, -0.2) is 4.79 Å². The molecule has 6 unspecified atom stereocenters. The quantitative estimate of drug-likeness (QED) is 0.0228. The molecule has 6 atom stereocenters. The molecule has 1 aliphatic rings. The highest BCUT2D eigenvalue weighted by Gasteiger charge is 2.50. The smallest absolute Gasteiger partial charge is 0.335 e. The van der Waals surface area contributed by atoms with Crippen LogP contribution < -0.4 is 0 Å². The Morgan fingerprint density at radius 2 is 0.836 bits per heavy atom. The van der Waals surface area contributed by atoms with Crippen molar-refractivity contribution in [2.75, 3.05) is 13.2 Å². The van der Waals surface area contributed by atoms with Gasteiger partial charge in [0.2, 0.25) is 0 Å². The summed E-state index contributed by atoms with van der Waals surface area (Å²) >= 11 is 0. The average Bonchev–Trinajstić information content (AvgIpc) is 3.37. The second-order valence-electron chi connectivity index (χ2n) is 20.6. The number of carbonyl (C=O) groups excluding carboxylic acids is 3. The van der Waals surface area contributed by atoms with Crippen LogP contribution in [0.4, 0.5) is 0 Å². The van der Waals surface area contributed by atoms with E-state index >= 15 is 0 Å². The van der Waals surface area contributed by atoms with E-state index in [-0.39, 0.29) is 25.9 Å². The van der Waals surface area contributed by atoms with Gasteiger partial charge in [-0.05, 0) is 70.6 Å². The first-order valence-corrected chi connectivity index (χ1v) is 30.0. The summed E-state index contributed by atoms with van der Waals surface area (Å²) in [5, 5.41) is 31.5. The Kier molecular flexibility index (Phi) is 46.4. The fourth-order valence-electron chi connectivity index (χ4n) is 9.03. The minimum absolute atomic E-state index is 0.0576. The summed E-state index contributed by atoms with van der Waals surface area (Å²) in [6.07, 6.45) is 45.4. The van der Waals surface area contributed by atoms with Crippen LogP contribution >= 0.6 is 0 Å². The maximum atomic E-state index is 13.1. The van der Waals surface area contributed by atoms with E-state index in [9.17, 15) is 34.5 Å². The molecule has 1 aliphatic heterocycles. The minimum Gasteiger partial charge on any atom is -0.479 e. The number of aliphatic hydroxyl groups excluding tert-OH is 2. The Labute approximate surface area is 444 Å². The highest BCUT2D eigenvalue weighted by atomic mass is 16.7. The number of hydrogen-bond donors (Lipinski definition) is 3. The predicted octanol–water partition coefficient (Wildman–Crippen LogP) is 15.2. The van der Waals surface area contributed by atoms with E-state index in [1.165, 1.54) is 122 Å². The summed E-state index contributed by atoms with van der Waals surface area (Å²) < 4.78 is 28.4. The molecule has 12 nitrogen and oxygen atoms in total. The number of aliphatic hydroxyl groups is 2. The summed E-state index contributed by atoms with van der Waals surface area (Å²) in [6, 6.07) is 0. The number of carboxylic acids is 1. The summed E-state index contributed by atoms with van der Waals surface area (Å²) in [6.45, 7) is 5.94. The molecular weight excluding hydrogens is 925 g/mol. The molecule has 0 saturated carbocycles. The highest BCUT2D eigenvalue weighted by molar-refractivity contribution is 5.74. The van der Waals surface area contributed by atoms with Crippen molar-refractivity contribution in [2.24, 2.45) is 0 Å². The number of carboxylic acid groups (broad SMARTS) is 1. The molecule has 0 bridgehead atoms. The SMILES string of the molecule is CCCC/C=C\CCCCCCCC(=O)OC(COC(=O)CCCCCCCCCCCCCCC)COC1OC(C(=O)O)C(O)C(O)C1OC(=O)CCCCCCCCCCC/C=C\C/C=C\CCCCC. The Hall–Kier alpha value is -3.06. The molecule has 1 saturated heterocycles. The van der Waals surface area contributed by atoms with E-state index < -0.39 is 67.3 Å². The second kappa shape index (κ2) is 49.8. The Morgan fingerprint density at radius 1 is 0.452 bits per heavy atom. The van der Waals surface area contributed by atoms with Crippen molar-refractivity contribution in [1.82, 2.24) is 0 Å². The van der Waals surface area contributed by atoms with E-state index in [4.69, 9.17) is 23.7 Å². The predicted molar refractivity (Wildman–Crippen MR) is 294 cm³/mol. The van der Waals surface area contributed by atoms with Crippen molar-refractivity contribution in [2.45, 2.75) is 314 Å². The largest absolute Gasteiger partial charge is 0.479 e. The molecule has 12 heteroatoms. The van der Waals surface area contributed by atoms with Crippen LogP contribution in [-0.2, 0) is 42.9 Å². The molecule has 1 heterocycles. The van der Waals surface area contributed by atoms with Crippen LogP contribution in [0.25, 0.3) is 0 Å². The van der Waals surface area contributed by atoms with Crippen molar-refractivity contribution in [3.05, 3.63) is 36.5 Å². The Bertz CT molecular complexity index is 1410. The molecule has 0 radical (unpaired) electrons. The number of esters is 3. The van der Waals surface area contributed by atoms with Crippen LogP contribution in [0.2, 0.25) is 0 Å². The first-order chi connectivity index (χ1) is 35.6. The van der Waals surface area contributed by atoms with Gasteiger partial charge < -0.3 is 39.0 Å². The van der Waals surface area contributed by atoms with Crippen LogP contribution in [0.15, 0.2) is 36.5 Å². The van der Waals surface area contributed by atoms with Crippen molar-refractivity contribution in [3.63, 3.8) is 0 Å². The molecule has 0 aliphatic carbocycles. The number of unbranched alkanes of at least 4 members (excludes halogenated alkanes) is 31. The average molecular weight is 1030 g/mol. The lowest BCUT2D eigenvalue weighted by Gasteiger charge is -2.40. The van der Waals surface area contributed by atoms with Crippen LogP contribution in [0.3, 0.4) is 0 Å². The van der Waals surface area contributed by atoms with Gasteiger partial charge in [0.15, 0.2) is 24.6 Å². The molecule has 0 aromatic carbocycles. The number of aliphatic carboxylic acids is 1. The summed E-state index contributed by atoms with van der Waals surface area (Å²) in [4.78, 5) is 51.0. The van der Waals surface area contributed by atoms with Crippen molar-refractivity contribution < 1.29 is 58.2 Å². The van der Waals surface area contributed by atoms with E-state index in [0.717, 1.165) is 96.3 Å². The Balaban J connectivity index is 2.64. The monoisotopic (exact) mass is 1030 g/mol. The highest BCUT2D eigenvalue weighted by Crippen LogP contribution is 2.26. The molecule has 0 aromatic rings. The third-order valence-corrected chi connectivity index (χ3v) is 13.7. The molecule has 1 rings (SSSR count). The lowest BCUT2D eigenvalue weighted by molar-refractivity contribution is -0.301. The normalized spacial score (nSPS) is 18.5. The lowest BCUT2D eigenvalue weighted by atomic mass is 9.98. The van der Waals surface area contributed by atoms with Gasteiger partial charge in [-0.1, -0.05) is 224 Å². The summed E-state index contributed by atoms with van der Waals surface area (Å²) in [5.74, 6) is -3.11. The fourth-order valence-corrected chi connectivity index (χ4v) is 9.03. The molecule has 0 amide bonds. The first kappa shape index (κ1) is 68.0. The van der Waals surface area contributed by atoms with Gasteiger partial charge in [0.05, 0.1) is 6.61 Å². The van der Waals surface area contributed by atoms with Crippen molar-refractivity contribution in [1.29, 1.82) is 0 Å². The fraction of sp³-hybridized carbons (Fsp3) is 0.836. The molecule has 0 aromatic heterocycles. The molecular formula is C61H108O12. The van der Waals surface area contributed by atoms with Gasteiger partial charge in [-0.15, -0.1) is 0 Å². The Morgan fingerprint density at radius 3 is 1.32 bits per heavy atom. The van der Waals surface area contributed by atoms with Crippen LogP contribution in [0.5, 0.6) is 0 Å². The molecule has 1 fully saturated rings. The number of ether oxygens (including phenoxy) is 5. The molecule has 424 valence electrons. The standard InChI is InChI=1S/C61H108O12/c1-4-7-10-13-16-19-22-24-25-26-27-28-29-31-34-37-40-43-46-49-55(64)72-59-57(66)56(65)58(60(67)68)73-61(59)70-51-52(71-54(63)48-45-42-39-36-32-21-18-15-12-9-6-3)50-69-53(62)47-44-41-38-35-33-30-23-20-17-14-11-8-5-2/h15-16,18-19,24-25,52,56-59,61,65-66H,4-14,17,20-23,26-51H2,1-3H3,(H,67,68)/b18-15-,19-16-,25-24-. The van der Waals surface area contributed by atoms with Gasteiger partial charge in [0.25, 0.3) is 0 Å². The topological polar surface area (TPSA) is 175 Å². The number of allylic oxidation sites excluding steroid dienone is 6. The number of rotatable bonds is 51. The number of carbonyl (C=O) groups is 4. The van der Waals surface area contributed by atoms with Gasteiger partial charge in [-0.2, -0.15) is 0 Å². The zero-order valence-corrected chi connectivity index (χ0v) is 46.6. The zero-order valence-electron chi connectivity index (χ0n) is 46.6. The lowest BCUT2D eigenvalue weighted by Crippen LogP contribution is -2.61. The first-order valence-electron chi connectivity index (χ1n) is 30.0. The van der Waals surface area contributed by atoms with Crippen molar-refractivity contribution >= 4 is 23.9 Å².